The van der Waals surface area contributed by atoms with E-state index in [-0.39, 0.29) is 0 Å². The van der Waals surface area contributed by atoms with Gasteiger partial charge in [0.15, 0.2) is 0 Å². The van der Waals surface area contributed by atoms with E-state index in [4.69, 9.17) is 0 Å². The van der Waals surface area contributed by atoms with Gasteiger partial charge >= 0.3 is 0 Å². The van der Waals surface area contributed by atoms with Crippen LogP contribution in [0.3, 0.4) is 0 Å². The molecule has 0 bridgehead atoms. The van der Waals surface area contributed by atoms with E-state index in [1.807, 2.05) is 0 Å². The summed E-state index contributed by atoms with van der Waals surface area (Å²) in [5, 5.41) is 3.50. The van der Waals surface area contributed by atoms with E-state index in [0.717, 1.165) is 17.9 Å². The molecule has 3 unspecified atom stereocenters. The Morgan fingerprint density at radius 1 is 1.18 bits per heavy atom. The average molecular weight is 238 g/mol. The van der Waals surface area contributed by atoms with Crippen LogP contribution < -0.4 is 5.32 Å². The molecule has 1 saturated carbocycles. The molecule has 0 aromatic heterocycles. The summed E-state index contributed by atoms with van der Waals surface area (Å²) in [7, 11) is 2.14. The lowest BCUT2D eigenvalue weighted by Gasteiger charge is -2.33. The lowest BCUT2D eigenvalue weighted by atomic mass is 9.94. The van der Waals surface area contributed by atoms with Crippen LogP contribution in [0, 0.1) is 11.8 Å². The molecule has 3 atom stereocenters. The minimum Gasteiger partial charge on any atom is -0.317 e. The van der Waals surface area contributed by atoms with Gasteiger partial charge in [0.2, 0.25) is 0 Å². The molecule has 2 heteroatoms. The summed E-state index contributed by atoms with van der Waals surface area (Å²) >= 11 is 0. The maximum atomic E-state index is 3.50. The van der Waals surface area contributed by atoms with Gasteiger partial charge in [0.1, 0.15) is 0 Å². The van der Waals surface area contributed by atoms with Crippen molar-refractivity contribution in [2.45, 2.75) is 57.9 Å². The summed E-state index contributed by atoms with van der Waals surface area (Å²) in [6, 6.07) is 0.807. The van der Waals surface area contributed by atoms with Crippen molar-refractivity contribution in [3.8, 4) is 0 Å². The molecule has 2 fully saturated rings. The molecule has 1 aliphatic carbocycles. The van der Waals surface area contributed by atoms with E-state index in [2.05, 4.69) is 24.2 Å². The minimum absolute atomic E-state index is 0.807. The Morgan fingerprint density at radius 3 is 2.82 bits per heavy atom. The molecule has 1 saturated heterocycles. The van der Waals surface area contributed by atoms with Gasteiger partial charge in [-0.2, -0.15) is 0 Å². The first kappa shape index (κ1) is 13.4. The second kappa shape index (κ2) is 6.75. The van der Waals surface area contributed by atoms with Gasteiger partial charge in [0, 0.05) is 12.6 Å². The van der Waals surface area contributed by atoms with Gasteiger partial charge < -0.3 is 10.2 Å². The van der Waals surface area contributed by atoms with Crippen molar-refractivity contribution >= 4 is 0 Å². The molecule has 0 aromatic carbocycles. The zero-order chi connectivity index (χ0) is 12.1. The average Bonchev–Trinajstić information content (AvgIpc) is 2.84. The van der Waals surface area contributed by atoms with E-state index in [0.29, 0.717) is 0 Å². The van der Waals surface area contributed by atoms with Gasteiger partial charge in [0.05, 0.1) is 0 Å². The van der Waals surface area contributed by atoms with Crippen LogP contribution in [-0.4, -0.2) is 37.6 Å². The van der Waals surface area contributed by atoms with Gasteiger partial charge in [-0.1, -0.05) is 19.8 Å². The van der Waals surface area contributed by atoms with E-state index < -0.39 is 0 Å². The van der Waals surface area contributed by atoms with Crippen LogP contribution >= 0.6 is 0 Å². The Balaban J connectivity index is 1.70. The third-order valence-corrected chi connectivity index (χ3v) is 5.03. The number of piperidine rings is 1. The molecule has 0 radical (unpaired) electrons. The maximum Gasteiger partial charge on any atom is 0.00928 e. The molecule has 2 rings (SSSR count). The molecule has 1 heterocycles. The highest BCUT2D eigenvalue weighted by Crippen LogP contribution is 2.29. The third kappa shape index (κ3) is 3.69. The molecular formula is C15H30N2. The van der Waals surface area contributed by atoms with Crippen LogP contribution in [0.25, 0.3) is 0 Å². The molecule has 2 aliphatic rings. The predicted molar refractivity (Wildman–Crippen MR) is 74.3 cm³/mol. The van der Waals surface area contributed by atoms with Gasteiger partial charge in [0.25, 0.3) is 0 Å². The van der Waals surface area contributed by atoms with Crippen LogP contribution in [0.1, 0.15) is 51.9 Å². The molecule has 0 amide bonds. The van der Waals surface area contributed by atoms with Crippen molar-refractivity contribution in [3.63, 3.8) is 0 Å². The SMILES string of the molecule is CCC1CCCN(CCC2CCCC2NC)C1. The van der Waals surface area contributed by atoms with E-state index in [1.165, 1.54) is 64.6 Å². The van der Waals surface area contributed by atoms with Gasteiger partial charge in [-0.25, -0.2) is 0 Å². The van der Waals surface area contributed by atoms with Crippen LogP contribution in [0.5, 0.6) is 0 Å². The molecule has 1 N–H and O–H groups in total. The Kier molecular flexibility index (Phi) is 5.30. The maximum absolute atomic E-state index is 3.50. The molecule has 2 nitrogen and oxygen atoms in total. The zero-order valence-corrected chi connectivity index (χ0v) is 11.8. The standard InChI is InChI=1S/C15H30N2/c1-3-13-6-5-10-17(12-13)11-9-14-7-4-8-15(14)16-2/h13-16H,3-12H2,1-2H3. The van der Waals surface area contributed by atoms with E-state index in [1.54, 1.807) is 0 Å². The lowest BCUT2D eigenvalue weighted by molar-refractivity contribution is 0.159. The Bertz CT molecular complexity index is 217. The Hall–Kier alpha value is -0.0800. The fraction of sp³-hybridized carbons (Fsp3) is 1.00. The number of hydrogen-bond acceptors (Lipinski definition) is 2. The summed E-state index contributed by atoms with van der Waals surface area (Å²) < 4.78 is 0. The highest BCUT2D eigenvalue weighted by Gasteiger charge is 2.26. The Morgan fingerprint density at radius 2 is 2.06 bits per heavy atom. The fourth-order valence-corrected chi connectivity index (χ4v) is 3.80. The molecule has 0 spiro atoms. The van der Waals surface area contributed by atoms with Crippen LogP contribution in [0.15, 0.2) is 0 Å². The number of hydrogen-bond donors (Lipinski definition) is 1. The number of rotatable bonds is 5. The smallest absolute Gasteiger partial charge is 0.00928 e. The second-order valence-corrected chi connectivity index (χ2v) is 6.09. The number of nitrogens with one attached hydrogen (secondary N) is 1. The summed E-state index contributed by atoms with van der Waals surface area (Å²) in [5.74, 6) is 1.93. The monoisotopic (exact) mass is 238 g/mol. The minimum atomic E-state index is 0.807. The fourth-order valence-electron chi connectivity index (χ4n) is 3.80. The summed E-state index contributed by atoms with van der Waals surface area (Å²) in [4.78, 5) is 2.72. The van der Waals surface area contributed by atoms with Crippen LogP contribution in [-0.2, 0) is 0 Å². The largest absolute Gasteiger partial charge is 0.317 e. The zero-order valence-electron chi connectivity index (χ0n) is 11.8. The van der Waals surface area contributed by atoms with E-state index in [9.17, 15) is 0 Å². The topological polar surface area (TPSA) is 15.3 Å². The molecule has 100 valence electrons. The molecular weight excluding hydrogens is 208 g/mol. The van der Waals surface area contributed by atoms with E-state index >= 15 is 0 Å². The van der Waals surface area contributed by atoms with Gasteiger partial charge in [-0.3, -0.25) is 0 Å². The lowest BCUT2D eigenvalue weighted by Crippen LogP contribution is -2.38. The predicted octanol–water partition coefficient (Wildman–Crippen LogP) is 2.89. The first-order chi connectivity index (χ1) is 8.33. The van der Waals surface area contributed by atoms with Crippen molar-refractivity contribution in [3.05, 3.63) is 0 Å². The normalized spacial score (nSPS) is 35.3. The van der Waals surface area contributed by atoms with Crippen molar-refractivity contribution in [2.75, 3.05) is 26.7 Å². The molecule has 1 aliphatic heterocycles. The van der Waals surface area contributed by atoms with Crippen molar-refractivity contribution in [2.24, 2.45) is 11.8 Å². The number of likely N-dealkylation sites (tertiary alicyclic amines) is 1. The van der Waals surface area contributed by atoms with Crippen molar-refractivity contribution < 1.29 is 0 Å². The second-order valence-electron chi connectivity index (χ2n) is 6.09. The first-order valence-corrected chi connectivity index (χ1v) is 7.73. The van der Waals surface area contributed by atoms with Crippen LogP contribution in [0.2, 0.25) is 0 Å². The molecule has 0 aromatic rings. The summed E-state index contributed by atoms with van der Waals surface area (Å²) in [6.07, 6.45) is 9.98. The highest BCUT2D eigenvalue weighted by atomic mass is 15.1. The highest BCUT2D eigenvalue weighted by molar-refractivity contribution is 4.83. The van der Waals surface area contributed by atoms with Gasteiger partial charge in [-0.05, 0) is 64.1 Å². The van der Waals surface area contributed by atoms with Crippen molar-refractivity contribution in [1.82, 2.24) is 10.2 Å². The Labute approximate surface area is 107 Å². The van der Waals surface area contributed by atoms with Crippen LogP contribution in [0.4, 0.5) is 0 Å². The number of nitrogens with zero attached hydrogens (tertiary/aromatic N) is 1. The first-order valence-electron chi connectivity index (χ1n) is 7.73. The molecule has 17 heavy (non-hydrogen) atoms. The van der Waals surface area contributed by atoms with Crippen molar-refractivity contribution in [1.29, 1.82) is 0 Å². The summed E-state index contributed by atoms with van der Waals surface area (Å²) in [5.41, 5.74) is 0. The third-order valence-electron chi connectivity index (χ3n) is 5.03. The summed E-state index contributed by atoms with van der Waals surface area (Å²) in [6.45, 7) is 6.42. The van der Waals surface area contributed by atoms with Gasteiger partial charge in [-0.15, -0.1) is 0 Å². The quantitative estimate of drug-likeness (QED) is 0.792.